The van der Waals surface area contributed by atoms with Crippen molar-refractivity contribution in [2.45, 2.75) is 33.9 Å². The highest BCUT2D eigenvalue weighted by molar-refractivity contribution is 7.71. The molecule has 0 aliphatic rings. The van der Waals surface area contributed by atoms with Gasteiger partial charge < -0.3 is 14.6 Å². The SMILES string of the molecule is CCOc1ccc(-c2nc(C)c(C(=O)NCc3n[nH]c(=S)n3CC)s2)cc1. The summed E-state index contributed by atoms with van der Waals surface area (Å²) in [6, 6.07) is 7.71. The molecule has 1 amide bonds. The first kappa shape index (κ1) is 19.2. The fourth-order valence-electron chi connectivity index (χ4n) is 2.64. The molecule has 0 aliphatic carbocycles. The molecule has 2 N–H and O–H groups in total. The number of carbonyl (C=O) groups is 1. The van der Waals surface area contributed by atoms with Gasteiger partial charge in [-0.25, -0.2) is 4.98 Å². The highest BCUT2D eigenvalue weighted by Gasteiger charge is 2.17. The molecule has 0 radical (unpaired) electrons. The van der Waals surface area contributed by atoms with E-state index in [0.29, 0.717) is 40.9 Å². The minimum atomic E-state index is -0.168. The highest BCUT2D eigenvalue weighted by atomic mass is 32.1. The average Bonchev–Trinajstić information content (AvgIpc) is 3.23. The number of nitrogens with zero attached hydrogens (tertiary/aromatic N) is 3. The average molecular weight is 404 g/mol. The minimum absolute atomic E-state index is 0.168. The molecule has 142 valence electrons. The van der Waals surface area contributed by atoms with E-state index >= 15 is 0 Å². The fraction of sp³-hybridized carbons (Fsp3) is 0.333. The maximum Gasteiger partial charge on any atom is 0.263 e. The number of aromatic amines is 1. The zero-order chi connectivity index (χ0) is 19.4. The molecule has 1 aromatic carbocycles. The minimum Gasteiger partial charge on any atom is -0.494 e. The van der Waals surface area contributed by atoms with Gasteiger partial charge in [-0.2, -0.15) is 5.10 Å². The van der Waals surface area contributed by atoms with Crippen molar-refractivity contribution >= 4 is 29.5 Å². The van der Waals surface area contributed by atoms with Gasteiger partial charge in [0.15, 0.2) is 10.6 Å². The van der Waals surface area contributed by atoms with E-state index < -0.39 is 0 Å². The lowest BCUT2D eigenvalue weighted by Crippen LogP contribution is -2.24. The zero-order valence-corrected chi connectivity index (χ0v) is 17.0. The maximum atomic E-state index is 12.6. The van der Waals surface area contributed by atoms with Gasteiger partial charge in [0.1, 0.15) is 15.6 Å². The van der Waals surface area contributed by atoms with Crippen LogP contribution in [0.2, 0.25) is 0 Å². The van der Waals surface area contributed by atoms with E-state index in [4.69, 9.17) is 17.0 Å². The van der Waals surface area contributed by atoms with Gasteiger partial charge in [0.2, 0.25) is 0 Å². The van der Waals surface area contributed by atoms with Crippen LogP contribution in [0.1, 0.15) is 35.0 Å². The Morgan fingerprint density at radius 3 is 2.74 bits per heavy atom. The number of carbonyl (C=O) groups excluding carboxylic acids is 1. The topological polar surface area (TPSA) is 84.8 Å². The molecule has 7 nitrogen and oxygen atoms in total. The predicted octanol–water partition coefficient (Wildman–Crippen LogP) is 3.72. The second kappa shape index (κ2) is 8.45. The van der Waals surface area contributed by atoms with Crippen LogP contribution in [0.3, 0.4) is 0 Å². The van der Waals surface area contributed by atoms with Crippen LogP contribution in [-0.4, -0.2) is 32.3 Å². The smallest absolute Gasteiger partial charge is 0.263 e. The van der Waals surface area contributed by atoms with Crippen LogP contribution in [0.25, 0.3) is 10.6 Å². The summed E-state index contributed by atoms with van der Waals surface area (Å²) in [7, 11) is 0. The number of benzene rings is 1. The van der Waals surface area contributed by atoms with Crippen molar-refractivity contribution in [2.75, 3.05) is 6.61 Å². The molecule has 0 aliphatic heterocycles. The standard InChI is InChI=1S/C18H21N5O2S2/c1-4-23-14(21-22-18(23)26)10-19-16(24)15-11(3)20-17(27-15)12-6-8-13(9-7-12)25-5-2/h6-9H,4-5,10H2,1-3H3,(H,19,24)(H,22,26). The third kappa shape index (κ3) is 4.25. The predicted molar refractivity (Wildman–Crippen MR) is 108 cm³/mol. The summed E-state index contributed by atoms with van der Waals surface area (Å²) in [6.45, 7) is 7.39. The summed E-state index contributed by atoms with van der Waals surface area (Å²) in [5, 5.41) is 10.6. The molecule has 0 bridgehead atoms. The molecule has 0 atom stereocenters. The maximum absolute atomic E-state index is 12.6. The third-order valence-corrected chi connectivity index (χ3v) is 5.49. The van der Waals surface area contributed by atoms with Crippen LogP contribution in [0.4, 0.5) is 0 Å². The van der Waals surface area contributed by atoms with Crippen molar-refractivity contribution in [1.82, 2.24) is 25.1 Å². The van der Waals surface area contributed by atoms with E-state index in [-0.39, 0.29) is 5.91 Å². The number of amides is 1. The molecular weight excluding hydrogens is 382 g/mol. The number of hydrogen-bond donors (Lipinski definition) is 2. The van der Waals surface area contributed by atoms with Crippen LogP contribution >= 0.6 is 23.6 Å². The van der Waals surface area contributed by atoms with Crippen molar-refractivity contribution in [3.63, 3.8) is 0 Å². The van der Waals surface area contributed by atoms with Gasteiger partial charge in [0.05, 0.1) is 18.8 Å². The van der Waals surface area contributed by atoms with Crippen molar-refractivity contribution in [1.29, 1.82) is 0 Å². The van der Waals surface area contributed by atoms with Crippen LogP contribution < -0.4 is 10.1 Å². The number of hydrogen-bond acceptors (Lipinski definition) is 6. The molecule has 3 rings (SSSR count). The third-order valence-electron chi connectivity index (χ3n) is 3.98. The molecule has 0 spiro atoms. The largest absolute Gasteiger partial charge is 0.494 e. The molecule has 0 saturated heterocycles. The number of rotatable bonds is 7. The van der Waals surface area contributed by atoms with Gasteiger partial charge in [-0.15, -0.1) is 11.3 Å². The van der Waals surface area contributed by atoms with Crippen LogP contribution in [0, 0.1) is 11.7 Å². The summed E-state index contributed by atoms with van der Waals surface area (Å²) < 4.78 is 7.86. The molecular formula is C18H21N5O2S2. The lowest BCUT2D eigenvalue weighted by molar-refractivity contribution is 0.0952. The van der Waals surface area contributed by atoms with Gasteiger partial charge in [0.25, 0.3) is 5.91 Å². The van der Waals surface area contributed by atoms with E-state index in [1.54, 1.807) is 0 Å². The first-order valence-electron chi connectivity index (χ1n) is 8.66. The Bertz CT molecular complexity index is 988. The summed E-state index contributed by atoms with van der Waals surface area (Å²) >= 11 is 6.54. The van der Waals surface area contributed by atoms with Crippen molar-refractivity contribution < 1.29 is 9.53 Å². The number of ether oxygens (including phenoxy) is 1. The van der Waals surface area contributed by atoms with Crippen molar-refractivity contribution in [2.24, 2.45) is 0 Å². The normalized spacial score (nSPS) is 10.8. The first-order chi connectivity index (χ1) is 13.0. The second-order valence-electron chi connectivity index (χ2n) is 5.76. The Morgan fingerprint density at radius 2 is 2.07 bits per heavy atom. The van der Waals surface area contributed by atoms with Crippen LogP contribution in [0.15, 0.2) is 24.3 Å². The summed E-state index contributed by atoms with van der Waals surface area (Å²) in [4.78, 5) is 17.7. The Labute approximate surface area is 166 Å². The summed E-state index contributed by atoms with van der Waals surface area (Å²) in [6.07, 6.45) is 0. The van der Waals surface area contributed by atoms with E-state index in [9.17, 15) is 4.79 Å². The van der Waals surface area contributed by atoms with Gasteiger partial charge in [-0.1, -0.05) is 0 Å². The van der Waals surface area contributed by atoms with Crippen LogP contribution in [0.5, 0.6) is 5.75 Å². The second-order valence-corrected chi connectivity index (χ2v) is 7.15. The Hall–Kier alpha value is -2.52. The van der Waals surface area contributed by atoms with E-state index in [1.165, 1.54) is 11.3 Å². The molecule has 2 aromatic heterocycles. The summed E-state index contributed by atoms with van der Waals surface area (Å²) in [5.41, 5.74) is 1.66. The Balaban J connectivity index is 1.73. The van der Waals surface area contributed by atoms with E-state index in [0.717, 1.165) is 16.3 Å². The molecule has 3 aromatic rings. The quantitative estimate of drug-likeness (QED) is 0.587. The fourth-order valence-corrected chi connectivity index (χ4v) is 3.91. The number of aromatic nitrogens is 4. The number of H-pyrrole nitrogens is 1. The molecule has 0 unspecified atom stereocenters. The zero-order valence-electron chi connectivity index (χ0n) is 15.4. The van der Waals surface area contributed by atoms with Gasteiger partial charge >= 0.3 is 0 Å². The van der Waals surface area contributed by atoms with Gasteiger partial charge in [-0.3, -0.25) is 9.89 Å². The number of nitrogens with one attached hydrogen (secondary N) is 2. The number of thiazole rings is 1. The molecule has 27 heavy (non-hydrogen) atoms. The molecule has 2 heterocycles. The van der Waals surface area contributed by atoms with E-state index in [1.807, 2.05) is 49.6 Å². The summed E-state index contributed by atoms with van der Waals surface area (Å²) in [5.74, 6) is 1.35. The van der Waals surface area contributed by atoms with Gasteiger partial charge in [-0.05, 0) is 57.3 Å². The van der Waals surface area contributed by atoms with Gasteiger partial charge in [0, 0.05) is 12.1 Å². The lowest BCUT2D eigenvalue weighted by atomic mass is 10.2. The number of aryl methyl sites for hydroxylation is 1. The monoisotopic (exact) mass is 403 g/mol. The molecule has 9 heteroatoms. The Morgan fingerprint density at radius 1 is 1.33 bits per heavy atom. The molecule has 0 saturated carbocycles. The Kier molecular flexibility index (Phi) is 6.02. The molecule has 0 fully saturated rings. The van der Waals surface area contributed by atoms with Crippen molar-refractivity contribution in [3.8, 4) is 16.3 Å². The first-order valence-corrected chi connectivity index (χ1v) is 9.88. The lowest BCUT2D eigenvalue weighted by Gasteiger charge is -2.05. The van der Waals surface area contributed by atoms with Crippen LogP contribution in [-0.2, 0) is 13.1 Å². The van der Waals surface area contributed by atoms with Crippen molar-refractivity contribution in [3.05, 3.63) is 45.4 Å². The highest BCUT2D eigenvalue weighted by Crippen LogP contribution is 2.29. The van der Waals surface area contributed by atoms with E-state index in [2.05, 4.69) is 20.5 Å².